The van der Waals surface area contributed by atoms with Crippen LogP contribution in [-0.2, 0) is 22.6 Å². The lowest BCUT2D eigenvalue weighted by atomic mass is 9.93. The lowest BCUT2D eigenvalue weighted by molar-refractivity contribution is -0.142. The number of thioether (sulfide) groups is 1. The molecule has 3 aromatic carbocycles. The second kappa shape index (κ2) is 15.6. The number of hydrogen-bond acceptors (Lipinski definition) is 6. The second-order valence-electron chi connectivity index (χ2n) is 10.3. The second-order valence-corrected chi connectivity index (χ2v) is 11.3. The number of aryl methyl sites for hydroxylation is 1. The predicted octanol–water partition coefficient (Wildman–Crippen LogP) is 6.96. The van der Waals surface area contributed by atoms with Gasteiger partial charge in [-0.15, -0.1) is 0 Å². The Labute approximate surface area is 258 Å². The number of ether oxygens (including phenoxy) is 1. The average molecular weight is 592 g/mol. The number of hydrogen-bond donors (Lipinski definition) is 1. The average Bonchev–Trinajstić information content (AvgIpc) is 3.32. The Morgan fingerprint density at radius 2 is 1.77 bits per heavy atom. The van der Waals surface area contributed by atoms with E-state index in [1.807, 2.05) is 73.8 Å². The van der Waals surface area contributed by atoms with Crippen molar-refractivity contribution in [3.63, 3.8) is 0 Å². The molecule has 0 heterocycles. The van der Waals surface area contributed by atoms with E-state index in [4.69, 9.17) is 4.74 Å². The fraction of sp³-hybridized carbons (Fsp3) is 0.250. The Balaban J connectivity index is 1.71. The number of methoxy groups -OCH3 is 1. The number of nitrogens with zero attached hydrogens (tertiary/aromatic N) is 2. The van der Waals surface area contributed by atoms with Crippen LogP contribution in [0.15, 0.2) is 103 Å². The number of carbonyl (C=O) groups excluding carboxylic acids is 2. The summed E-state index contributed by atoms with van der Waals surface area (Å²) in [6, 6.07) is 23.0. The molecule has 0 aliphatic heterocycles. The number of allylic oxidation sites excluding steroid dienone is 5. The van der Waals surface area contributed by atoms with Crippen molar-refractivity contribution in [2.24, 2.45) is 0 Å². The molecule has 0 bridgehead atoms. The van der Waals surface area contributed by atoms with Crippen molar-refractivity contribution < 1.29 is 14.3 Å². The van der Waals surface area contributed by atoms with E-state index in [0.29, 0.717) is 30.6 Å². The molecule has 0 saturated heterocycles. The zero-order valence-corrected chi connectivity index (χ0v) is 25.7. The number of amides is 1. The number of benzene rings is 3. The van der Waals surface area contributed by atoms with Crippen molar-refractivity contribution in [1.82, 2.24) is 10.2 Å². The Kier molecular flexibility index (Phi) is 11.4. The van der Waals surface area contributed by atoms with Gasteiger partial charge >= 0.3 is 5.97 Å². The molecule has 0 saturated carbocycles. The minimum atomic E-state index is -0.723. The maximum Gasteiger partial charge on any atom is 0.328 e. The molecule has 0 fully saturated rings. The van der Waals surface area contributed by atoms with Gasteiger partial charge in [0.05, 0.1) is 18.7 Å². The van der Waals surface area contributed by atoms with Crippen LogP contribution in [0.5, 0.6) is 0 Å². The van der Waals surface area contributed by atoms with E-state index in [-0.39, 0.29) is 5.91 Å². The molecule has 1 atom stereocenters. The van der Waals surface area contributed by atoms with E-state index in [1.165, 1.54) is 7.11 Å². The van der Waals surface area contributed by atoms with E-state index in [9.17, 15) is 14.9 Å². The van der Waals surface area contributed by atoms with E-state index < -0.39 is 12.0 Å². The van der Waals surface area contributed by atoms with Crippen LogP contribution in [-0.4, -0.2) is 41.9 Å². The van der Waals surface area contributed by atoms with Crippen molar-refractivity contribution in [2.45, 2.75) is 38.9 Å². The van der Waals surface area contributed by atoms with Gasteiger partial charge in [0, 0.05) is 24.4 Å². The zero-order valence-electron chi connectivity index (χ0n) is 24.9. The van der Waals surface area contributed by atoms with Crippen LogP contribution in [0.4, 0.5) is 0 Å². The molecule has 4 rings (SSSR count). The normalized spacial score (nSPS) is 12.9. The molecule has 7 heteroatoms. The Morgan fingerprint density at radius 1 is 1.02 bits per heavy atom. The molecule has 1 aliphatic carbocycles. The van der Waals surface area contributed by atoms with E-state index in [2.05, 4.69) is 52.7 Å². The summed E-state index contributed by atoms with van der Waals surface area (Å²) in [6.07, 6.45) is 13.9. The van der Waals surface area contributed by atoms with Gasteiger partial charge in [0.2, 0.25) is 0 Å². The highest BCUT2D eigenvalue weighted by molar-refractivity contribution is 7.98. The van der Waals surface area contributed by atoms with Crippen molar-refractivity contribution in [3.8, 4) is 17.2 Å². The quantitative estimate of drug-likeness (QED) is 0.229. The van der Waals surface area contributed by atoms with E-state index in [0.717, 1.165) is 45.7 Å². The third kappa shape index (κ3) is 8.50. The first-order valence-corrected chi connectivity index (χ1v) is 15.7. The smallest absolute Gasteiger partial charge is 0.328 e. The van der Waals surface area contributed by atoms with Gasteiger partial charge in [0.25, 0.3) is 5.91 Å². The maximum absolute atomic E-state index is 13.7. The lowest BCUT2D eigenvalue weighted by Gasteiger charge is -2.27. The molecule has 0 spiro atoms. The van der Waals surface area contributed by atoms with E-state index >= 15 is 0 Å². The standard InChI is InChI=1S/C36H37N3O3S/c1-26-10-8-9-13-31(26)33-22-29(18-19-32(33)35(40)38-34(20-21-43-3)36(41)42-2)25-39(30-11-6-4-5-7-12-30)24-28-16-14-27(23-37)15-17-28/h4,6-19,22,34H,5,20-21,24-25H2,1-3H3,(H,38,40). The Hall–Kier alpha value is -4.54. The molecular weight excluding hydrogens is 554 g/mol. The van der Waals surface area contributed by atoms with Crippen molar-refractivity contribution in [3.05, 3.63) is 131 Å². The van der Waals surface area contributed by atoms with Crippen LogP contribution in [0, 0.1) is 18.3 Å². The summed E-state index contributed by atoms with van der Waals surface area (Å²) in [4.78, 5) is 28.4. The molecule has 1 aliphatic rings. The fourth-order valence-corrected chi connectivity index (χ4v) is 5.46. The number of rotatable bonds is 12. The highest BCUT2D eigenvalue weighted by atomic mass is 32.2. The van der Waals surface area contributed by atoms with Crippen LogP contribution in [0.1, 0.15) is 45.5 Å². The Bertz CT molecular complexity index is 1570. The maximum atomic E-state index is 13.7. The van der Waals surface area contributed by atoms with E-state index in [1.54, 1.807) is 11.8 Å². The summed E-state index contributed by atoms with van der Waals surface area (Å²) >= 11 is 1.61. The van der Waals surface area contributed by atoms with Gasteiger partial charge in [-0.05, 0) is 96.0 Å². The fourth-order valence-electron chi connectivity index (χ4n) is 4.99. The highest BCUT2D eigenvalue weighted by Gasteiger charge is 2.24. The SMILES string of the molecule is COC(=O)C(CCSC)NC(=O)c1ccc(CN(Cc2ccc(C#N)cc2)C2=CC=CCC=C2)cc1-c1ccccc1C. The third-order valence-electron chi connectivity index (χ3n) is 7.32. The van der Waals surface area contributed by atoms with Gasteiger partial charge < -0.3 is 15.0 Å². The summed E-state index contributed by atoms with van der Waals surface area (Å²) in [5.41, 5.74) is 7.17. The Morgan fingerprint density at radius 3 is 2.49 bits per heavy atom. The summed E-state index contributed by atoms with van der Waals surface area (Å²) in [7, 11) is 1.34. The minimum Gasteiger partial charge on any atom is -0.467 e. The minimum absolute atomic E-state index is 0.310. The molecule has 0 radical (unpaired) electrons. The molecule has 1 N–H and O–H groups in total. The molecule has 1 unspecified atom stereocenters. The number of nitriles is 1. The first-order chi connectivity index (χ1) is 20.9. The number of esters is 1. The van der Waals surface area contributed by atoms with Crippen molar-refractivity contribution in [1.29, 1.82) is 5.26 Å². The summed E-state index contributed by atoms with van der Waals surface area (Å²) in [5, 5.41) is 12.2. The number of carbonyl (C=O) groups is 2. The van der Waals surface area contributed by atoms with Crippen molar-refractivity contribution >= 4 is 23.6 Å². The van der Waals surface area contributed by atoms with Gasteiger partial charge in [-0.25, -0.2) is 4.79 Å². The van der Waals surface area contributed by atoms with Gasteiger partial charge in [-0.3, -0.25) is 4.79 Å². The van der Waals surface area contributed by atoms with Gasteiger partial charge in [0.15, 0.2) is 0 Å². The van der Waals surface area contributed by atoms with Crippen LogP contribution >= 0.6 is 11.8 Å². The van der Waals surface area contributed by atoms with Gasteiger partial charge in [0.1, 0.15) is 6.04 Å². The largest absolute Gasteiger partial charge is 0.467 e. The number of nitrogens with one attached hydrogen (secondary N) is 1. The molecule has 0 aromatic heterocycles. The van der Waals surface area contributed by atoms with Crippen LogP contribution in [0.25, 0.3) is 11.1 Å². The zero-order chi connectivity index (χ0) is 30.6. The predicted molar refractivity (Wildman–Crippen MR) is 174 cm³/mol. The monoisotopic (exact) mass is 591 g/mol. The topological polar surface area (TPSA) is 82.4 Å². The molecular formula is C36H37N3O3S. The lowest BCUT2D eigenvalue weighted by Crippen LogP contribution is -2.42. The van der Waals surface area contributed by atoms with Crippen LogP contribution in [0.2, 0.25) is 0 Å². The third-order valence-corrected chi connectivity index (χ3v) is 7.97. The first kappa shape index (κ1) is 31.4. The summed E-state index contributed by atoms with van der Waals surface area (Å²) in [6.45, 7) is 3.28. The molecule has 220 valence electrons. The molecule has 1 amide bonds. The highest BCUT2D eigenvalue weighted by Crippen LogP contribution is 2.30. The molecule has 3 aromatic rings. The molecule has 6 nitrogen and oxygen atoms in total. The van der Waals surface area contributed by atoms with Crippen LogP contribution < -0.4 is 5.32 Å². The first-order valence-electron chi connectivity index (χ1n) is 14.3. The molecule has 43 heavy (non-hydrogen) atoms. The van der Waals surface area contributed by atoms with Crippen molar-refractivity contribution in [2.75, 3.05) is 19.1 Å². The van der Waals surface area contributed by atoms with Crippen LogP contribution in [0.3, 0.4) is 0 Å². The van der Waals surface area contributed by atoms with Gasteiger partial charge in [-0.2, -0.15) is 17.0 Å². The summed E-state index contributed by atoms with van der Waals surface area (Å²) in [5.74, 6) is -0.0398. The van der Waals surface area contributed by atoms with Gasteiger partial charge in [-0.1, -0.05) is 60.7 Å². The summed E-state index contributed by atoms with van der Waals surface area (Å²) < 4.78 is 4.97.